The largest absolute Gasteiger partial charge is 0.492 e. The van der Waals surface area contributed by atoms with E-state index in [1.165, 1.54) is 12.3 Å². The number of anilines is 1. The van der Waals surface area contributed by atoms with Crippen molar-refractivity contribution in [2.45, 2.75) is 20.3 Å². The van der Waals surface area contributed by atoms with E-state index in [9.17, 15) is 14.0 Å². The highest BCUT2D eigenvalue weighted by Gasteiger charge is 2.18. The van der Waals surface area contributed by atoms with Gasteiger partial charge in [-0.15, -0.1) is 0 Å². The number of pyridine rings is 1. The second kappa shape index (κ2) is 11.8. The van der Waals surface area contributed by atoms with Crippen molar-refractivity contribution in [1.82, 2.24) is 14.8 Å². The second-order valence-corrected chi connectivity index (χ2v) is 8.90. The number of rotatable bonds is 9. The summed E-state index contributed by atoms with van der Waals surface area (Å²) in [6, 6.07) is 11.9. The number of nitrogens with zero attached hydrogens (tertiary/aromatic N) is 3. The molecule has 4 rings (SSSR count). The van der Waals surface area contributed by atoms with Gasteiger partial charge in [-0.25, -0.2) is 9.92 Å². The van der Waals surface area contributed by atoms with E-state index in [4.69, 9.17) is 10.3 Å². The Kier molecular flexibility index (Phi) is 8.29. The molecule has 0 aliphatic carbocycles. The fourth-order valence-electron chi connectivity index (χ4n) is 4.28. The summed E-state index contributed by atoms with van der Waals surface area (Å²) in [7, 11) is 0. The Morgan fingerprint density at radius 1 is 1.19 bits per heavy atom. The molecule has 0 saturated carbocycles. The molecule has 1 saturated heterocycles. The first-order chi connectivity index (χ1) is 17.9. The van der Waals surface area contributed by atoms with Crippen LogP contribution in [0.2, 0.25) is 0 Å². The summed E-state index contributed by atoms with van der Waals surface area (Å²) in [5.74, 6) is 0.506. The van der Waals surface area contributed by atoms with E-state index >= 15 is 0 Å². The number of hydrogen-bond donors (Lipinski definition) is 3. The average molecular weight is 507 g/mol. The van der Waals surface area contributed by atoms with Crippen LogP contribution >= 0.6 is 0 Å². The van der Waals surface area contributed by atoms with E-state index in [1.54, 1.807) is 19.1 Å². The molecule has 0 bridgehead atoms. The van der Waals surface area contributed by atoms with Crippen molar-refractivity contribution in [2.24, 2.45) is 5.11 Å². The van der Waals surface area contributed by atoms with Gasteiger partial charge >= 0.3 is 0 Å². The highest BCUT2D eigenvalue weighted by Crippen LogP contribution is 2.22. The third-order valence-corrected chi connectivity index (χ3v) is 6.51. The number of halogens is 1. The highest BCUT2D eigenvalue weighted by molar-refractivity contribution is 5.83. The quantitative estimate of drug-likeness (QED) is 0.376. The minimum absolute atomic E-state index is 0.118. The summed E-state index contributed by atoms with van der Waals surface area (Å²) in [4.78, 5) is 31.0. The molecular weight excluding hydrogens is 475 g/mol. The molecular formula is C27H31FN6O3. The third-order valence-electron chi connectivity index (χ3n) is 6.51. The van der Waals surface area contributed by atoms with Crippen LogP contribution in [0, 0.1) is 11.3 Å². The van der Waals surface area contributed by atoms with Crippen molar-refractivity contribution in [1.29, 1.82) is 5.53 Å². The first-order valence-corrected chi connectivity index (χ1v) is 12.3. The van der Waals surface area contributed by atoms with Crippen molar-refractivity contribution >= 4 is 28.2 Å². The topological polar surface area (TPSA) is 114 Å². The van der Waals surface area contributed by atoms with Gasteiger partial charge in [0.25, 0.3) is 5.56 Å². The molecule has 1 aliphatic heterocycles. The minimum Gasteiger partial charge on any atom is -0.492 e. The number of hydrogen-bond acceptors (Lipinski definition) is 7. The van der Waals surface area contributed by atoms with Crippen LogP contribution in [0.3, 0.4) is 0 Å². The van der Waals surface area contributed by atoms with E-state index in [-0.39, 0.29) is 23.0 Å². The van der Waals surface area contributed by atoms with E-state index in [0.29, 0.717) is 29.5 Å². The highest BCUT2D eigenvalue weighted by atomic mass is 19.1. The number of aromatic amines is 1. The Labute approximate surface area is 214 Å². The summed E-state index contributed by atoms with van der Waals surface area (Å²) >= 11 is 0. The molecule has 10 heteroatoms. The van der Waals surface area contributed by atoms with E-state index in [1.807, 2.05) is 36.1 Å². The number of carbonyl (C=O) groups is 1. The van der Waals surface area contributed by atoms with Gasteiger partial charge in [-0.05, 0) is 54.4 Å². The van der Waals surface area contributed by atoms with Gasteiger partial charge in [-0.3, -0.25) is 14.5 Å². The third kappa shape index (κ3) is 6.39. The zero-order chi connectivity index (χ0) is 26.4. The maximum Gasteiger partial charge on any atom is 0.258 e. The fraction of sp³-hybridized carbons (Fsp3) is 0.333. The van der Waals surface area contributed by atoms with Gasteiger partial charge in [0.05, 0.1) is 5.56 Å². The number of piperazine rings is 1. The van der Waals surface area contributed by atoms with Crippen molar-refractivity contribution in [3.63, 3.8) is 0 Å². The molecule has 1 aromatic heterocycles. The number of aryl methyl sites for hydroxylation is 1. The molecule has 0 unspecified atom stereocenters. The smallest absolute Gasteiger partial charge is 0.258 e. The molecule has 1 fully saturated rings. The number of benzene rings is 2. The van der Waals surface area contributed by atoms with Crippen molar-refractivity contribution < 1.29 is 13.9 Å². The van der Waals surface area contributed by atoms with Crippen LogP contribution in [0.25, 0.3) is 16.6 Å². The van der Waals surface area contributed by atoms with Crippen molar-refractivity contribution in [2.75, 3.05) is 44.6 Å². The number of carbonyl (C=O) groups excluding carboxylic acids is 1. The number of fused-ring (bicyclic) bond motifs is 1. The van der Waals surface area contributed by atoms with Crippen LogP contribution in [0.1, 0.15) is 25.0 Å². The molecule has 1 aliphatic rings. The van der Waals surface area contributed by atoms with Gasteiger partial charge < -0.3 is 19.9 Å². The zero-order valence-electron chi connectivity index (χ0n) is 21.0. The first-order valence-electron chi connectivity index (χ1n) is 12.3. The lowest BCUT2D eigenvalue weighted by Crippen LogP contribution is -2.48. The van der Waals surface area contributed by atoms with Crippen LogP contribution in [0.15, 0.2) is 58.6 Å². The maximum absolute atomic E-state index is 14.2. The Hall–Kier alpha value is -4.05. The Bertz CT molecular complexity index is 1360. The molecule has 37 heavy (non-hydrogen) atoms. The Balaban J connectivity index is 1.36. The molecule has 2 heterocycles. The van der Waals surface area contributed by atoms with E-state index < -0.39 is 5.56 Å². The van der Waals surface area contributed by atoms with Gasteiger partial charge in [0.1, 0.15) is 23.9 Å². The second-order valence-electron chi connectivity index (χ2n) is 8.90. The molecule has 0 radical (unpaired) electrons. The number of aromatic nitrogens is 1. The van der Waals surface area contributed by atoms with Crippen molar-refractivity contribution in [3.8, 4) is 5.75 Å². The summed E-state index contributed by atoms with van der Waals surface area (Å²) in [6.45, 7) is 7.96. The standard InChI is InChI=1S/C27H31FN6O3/c1-3-19-16-25-20(15-24(19)28)14-23(27(36)31-25)26(32-29)17-30-21-4-6-22(7-5-21)37-13-12-33-8-10-34(11-9-33)18(2)35/h4-7,14-17,29-30H,3,8-13H2,1-2H3,(H,31,36)/b26-17-,32-29?. The minimum atomic E-state index is -0.406. The van der Waals surface area contributed by atoms with E-state index in [2.05, 4.69) is 20.3 Å². The van der Waals surface area contributed by atoms with Crippen LogP contribution in [0.4, 0.5) is 10.1 Å². The predicted octanol–water partition coefficient (Wildman–Crippen LogP) is 4.21. The van der Waals surface area contributed by atoms with Gasteiger partial charge in [0.2, 0.25) is 5.91 Å². The summed E-state index contributed by atoms with van der Waals surface area (Å²) in [6.07, 6.45) is 1.99. The molecule has 3 aromatic rings. The molecule has 0 atom stereocenters. The normalized spacial score (nSPS) is 14.6. The van der Waals surface area contributed by atoms with Gasteiger partial charge in [0.15, 0.2) is 0 Å². The maximum atomic E-state index is 14.2. The van der Waals surface area contributed by atoms with Gasteiger partial charge in [-0.2, -0.15) is 5.11 Å². The van der Waals surface area contributed by atoms with Crippen LogP contribution < -0.4 is 15.6 Å². The van der Waals surface area contributed by atoms with Crippen LogP contribution in [-0.2, 0) is 11.2 Å². The van der Waals surface area contributed by atoms with Crippen LogP contribution in [0.5, 0.6) is 5.75 Å². The summed E-state index contributed by atoms with van der Waals surface area (Å²) < 4.78 is 20.1. The fourth-order valence-corrected chi connectivity index (χ4v) is 4.28. The summed E-state index contributed by atoms with van der Waals surface area (Å²) in [5.41, 5.74) is 9.22. The SMILES string of the molecule is CCc1cc2[nH]c(=O)c(/C(=C/Nc3ccc(OCCN4CCN(C(C)=O)CC4)cc3)N=N)cc2cc1F. The Morgan fingerprint density at radius 2 is 1.92 bits per heavy atom. The van der Waals surface area contributed by atoms with Crippen molar-refractivity contribution in [3.05, 3.63) is 76.0 Å². The number of amides is 1. The molecule has 3 N–H and O–H groups in total. The number of ether oxygens (including phenoxy) is 1. The van der Waals surface area contributed by atoms with Gasteiger partial charge in [0, 0.05) is 62.4 Å². The molecule has 2 aromatic carbocycles. The predicted molar refractivity (Wildman–Crippen MR) is 141 cm³/mol. The molecule has 1 amide bonds. The lowest BCUT2D eigenvalue weighted by atomic mass is 10.1. The number of H-pyrrole nitrogens is 1. The van der Waals surface area contributed by atoms with Crippen LogP contribution in [-0.4, -0.2) is 60.0 Å². The van der Waals surface area contributed by atoms with E-state index in [0.717, 1.165) is 44.2 Å². The summed E-state index contributed by atoms with van der Waals surface area (Å²) in [5, 5.41) is 7.08. The monoisotopic (exact) mass is 506 g/mol. The molecule has 9 nitrogen and oxygen atoms in total. The van der Waals surface area contributed by atoms with Gasteiger partial charge in [-0.1, -0.05) is 6.92 Å². The molecule has 194 valence electrons. The zero-order valence-corrected chi connectivity index (χ0v) is 21.0. The molecule has 0 spiro atoms. The Morgan fingerprint density at radius 3 is 2.57 bits per heavy atom. The number of nitrogens with one attached hydrogen (secondary N) is 3. The lowest BCUT2D eigenvalue weighted by molar-refractivity contribution is -0.130. The first kappa shape index (κ1) is 26.0. The lowest BCUT2D eigenvalue weighted by Gasteiger charge is -2.34. The average Bonchev–Trinajstić information content (AvgIpc) is 2.90.